The quantitative estimate of drug-likeness (QED) is 0.869. The highest BCUT2D eigenvalue weighted by Crippen LogP contribution is 2.21. The van der Waals surface area contributed by atoms with Crippen LogP contribution in [0.4, 0.5) is 5.69 Å². The van der Waals surface area contributed by atoms with E-state index in [-0.39, 0.29) is 5.91 Å². The van der Waals surface area contributed by atoms with E-state index in [0.29, 0.717) is 12.5 Å². The molecule has 1 aliphatic rings. The maximum Gasteiger partial charge on any atom is 0.240 e. The van der Waals surface area contributed by atoms with Gasteiger partial charge in [0.25, 0.3) is 0 Å². The Morgan fingerprint density at radius 3 is 2.56 bits per heavy atom. The Hall–Kier alpha value is -1.35. The van der Waals surface area contributed by atoms with Crippen LogP contribution in [0.25, 0.3) is 0 Å². The van der Waals surface area contributed by atoms with Crippen LogP contribution in [0.3, 0.4) is 0 Å². The number of hydrogen-bond acceptors (Lipinski definition) is 2. The number of nitrogens with zero attached hydrogens (tertiary/aromatic N) is 1. The number of benzene rings is 1. The molecule has 0 unspecified atom stereocenters. The highest BCUT2D eigenvalue weighted by Gasteiger charge is 2.16. The van der Waals surface area contributed by atoms with Gasteiger partial charge in [-0.3, -0.25) is 4.79 Å². The highest BCUT2D eigenvalue weighted by atomic mass is 16.2. The molecule has 0 radical (unpaired) electrons. The summed E-state index contributed by atoms with van der Waals surface area (Å²) in [5.41, 5.74) is 2.34. The Kier molecular flexibility index (Phi) is 4.37. The largest absolute Gasteiger partial charge is 0.311 e. The van der Waals surface area contributed by atoms with Gasteiger partial charge in [0.1, 0.15) is 0 Å². The molecule has 0 saturated carbocycles. The van der Waals surface area contributed by atoms with Gasteiger partial charge < -0.3 is 10.2 Å². The first-order valence-electron chi connectivity index (χ1n) is 6.79. The number of carbonyl (C=O) groups is 1. The lowest BCUT2D eigenvalue weighted by molar-refractivity contribution is -0.118. The summed E-state index contributed by atoms with van der Waals surface area (Å²) < 4.78 is 0. The average Bonchev–Trinajstić information content (AvgIpc) is 2.35. The maximum absolute atomic E-state index is 12.0. The summed E-state index contributed by atoms with van der Waals surface area (Å²) >= 11 is 0. The standard InChI is InChI=1S/C15H22N2O/c1-12(2)13-5-7-14(8-6-13)17-10-4-3-9-16-11-15(17)18/h5-8,12,16H,3-4,9-11H2,1-2H3. The van der Waals surface area contributed by atoms with Gasteiger partial charge in [0.15, 0.2) is 0 Å². The summed E-state index contributed by atoms with van der Waals surface area (Å²) in [7, 11) is 0. The average molecular weight is 246 g/mol. The Morgan fingerprint density at radius 2 is 1.89 bits per heavy atom. The fourth-order valence-electron chi connectivity index (χ4n) is 2.25. The molecule has 1 aliphatic heterocycles. The number of anilines is 1. The Balaban J connectivity index is 2.14. The van der Waals surface area contributed by atoms with E-state index in [1.54, 1.807) is 0 Å². The lowest BCUT2D eigenvalue weighted by Gasteiger charge is -2.25. The molecule has 1 fully saturated rings. The van der Waals surface area contributed by atoms with Crippen molar-refractivity contribution in [2.75, 3.05) is 24.5 Å². The van der Waals surface area contributed by atoms with Crippen molar-refractivity contribution in [2.45, 2.75) is 32.6 Å². The third-order valence-electron chi connectivity index (χ3n) is 3.43. The van der Waals surface area contributed by atoms with Crippen LogP contribution >= 0.6 is 0 Å². The molecule has 0 aliphatic carbocycles. The molecule has 98 valence electrons. The molecular weight excluding hydrogens is 224 g/mol. The van der Waals surface area contributed by atoms with Crippen molar-refractivity contribution >= 4 is 11.6 Å². The van der Waals surface area contributed by atoms with Crippen LogP contribution in [0.1, 0.15) is 38.2 Å². The molecule has 0 bridgehead atoms. The minimum Gasteiger partial charge on any atom is -0.311 e. The van der Waals surface area contributed by atoms with E-state index in [1.165, 1.54) is 5.56 Å². The van der Waals surface area contributed by atoms with Crippen LogP contribution in [0.15, 0.2) is 24.3 Å². The fourth-order valence-corrected chi connectivity index (χ4v) is 2.25. The normalized spacial score (nSPS) is 17.7. The minimum absolute atomic E-state index is 0.173. The van der Waals surface area contributed by atoms with Crippen LogP contribution in [0, 0.1) is 0 Å². The van der Waals surface area contributed by atoms with E-state index < -0.39 is 0 Å². The van der Waals surface area contributed by atoms with Gasteiger partial charge in [0.05, 0.1) is 6.54 Å². The first-order chi connectivity index (χ1) is 8.68. The molecule has 1 amide bonds. The summed E-state index contributed by atoms with van der Waals surface area (Å²) in [6, 6.07) is 8.38. The molecule has 2 rings (SSSR count). The lowest BCUT2D eigenvalue weighted by atomic mass is 10.0. The van der Waals surface area contributed by atoms with Crippen LogP contribution in [-0.2, 0) is 4.79 Å². The predicted octanol–water partition coefficient (Wildman–Crippen LogP) is 2.53. The van der Waals surface area contributed by atoms with Crippen molar-refractivity contribution in [1.82, 2.24) is 5.32 Å². The second-order valence-electron chi connectivity index (χ2n) is 5.18. The van der Waals surface area contributed by atoms with Crippen molar-refractivity contribution in [2.24, 2.45) is 0 Å². The van der Waals surface area contributed by atoms with E-state index in [9.17, 15) is 4.79 Å². The number of hydrogen-bond donors (Lipinski definition) is 1. The lowest BCUT2D eigenvalue weighted by Crippen LogP contribution is -2.41. The fraction of sp³-hybridized carbons (Fsp3) is 0.533. The molecule has 0 spiro atoms. The molecular formula is C15H22N2O. The van der Waals surface area contributed by atoms with Gasteiger partial charge in [0, 0.05) is 12.2 Å². The Bertz CT molecular complexity index is 397. The monoisotopic (exact) mass is 246 g/mol. The molecule has 3 heteroatoms. The van der Waals surface area contributed by atoms with Crippen LogP contribution in [-0.4, -0.2) is 25.5 Å². The third-order valence-corrected chi connectivity index (χ3v) is 3.43. The molecule has 3 nitrogen and oxygen atoms in total. The summed E-state index contributed by atoms with van der Waals surface area (Å²) in [6.45, 7) is 6.60. The summed E-state index contributed by atoms with van der Waals surface area (Å²) in [4.78, 5) is 13.9. The summed E-state index contributed by atoms with van der Waals surface area (Å²) in [6.07, 6.45) is 2.19. The Morgan fingerprint density at radius 1 is 1.17 bits per heavy atom. The topological polar surface area (TPSA) is 32.3 Å². The summed E-state index contributed by atoms with van der Waals surface area (Å²) in [5, 5.41) is 3.18. The van der Waals surface area contributed by atoms with E-state index in [0.717, 1.165) is 31.6 Å². The molecule has 1 aromatic carbocycles. The van der Waals surface area contributed by atoms with Crippen molar-refractivity contribution in [3.8, 4) is 0 Å². The highest BCUT2D eigenvalue weighted by molar-refractivity contribution is 5.94. The molecule has 1 N–H and O–H groups in total. The molecule has 0 atom stereocenters. The SMILES string of the molecule is CC(C)c1ccc(N2CCCCNCC2=O)cc1. The number of amides is 1. The van der Waals surface area contributed by atoms with Crippen molar-refractivity contribution in [3.63, 3.8) is 0 Å². The van der Waals surface area contributed by atoms with Gasteiger partial charge >= 0.3 is 0 Å². The van der Waals surface area contributed by atoms with Crippen molar-refractivity contribution < 1.29 is 4.79 Å². The zero-order chi connectivity index (χ0) is 13.0. The first kappa shape index (κ1) is 13.1. The van der Waals surface area contributed by atoms with E-state index in [1.807, 2.05) is 4.90 Å². The third kappa shape index (κ3) is 3.10. The maximum atomic E-state index is 12.0. The van der Waals surface area contributed by atoms with Gasteiger partial charge in [-0.15, -0.1) is 0 Å². The first-order valence-corrected chi connectivity index (χ1v) is 6.79. The predicted molar refractivity (Wildman–Crippen MR) is 75.0 cm³/mol. The van der Waals surface area contributed by atoms with Crippen LogP contribution in [0.2, 0.25) is 0 Å². The summed E-state index contributed by atoms with van der Waals surface area (Å²) in [5.74, 6) is 0.704. The molecule has 0 aromatic heterocycles. The van der Waals surface area contributed by atoms with Gasteiger partial charge in [-0.2, -0.15) is 0 Å². The Labute approximate surface area is 109 Å². The van der Waals surface area contributed by atoms with Gasteiger partial charge in [0.2, 0.25) is 5.91 Å². The zero-order valence-electron chi connectivity index (χ0n) is 11.3. The van der Waals surface area contributed by atoms with Gasteiger partial charge in [-0.1, -0.05) is 26.0 Å². The van der Waals surface area contributed by atoms with Gasteiger partial charge in [-0.05, 0) is 43.0 Å². The molecule has 1 heterocycles. The molecule has 1 aromatic rings. The van der Waals surface area contributed by atoms with Crippen LogP contribution in [0.5, 0.6) is 0 Å². The van der Waals surface area contributed by atoms with Crippen molar-refractivity contribution in [3.05, 3.63) is 29.8 Å². The minimum atomic E-state index is 0.173. The van der Waals surface area contributed by atoms with E-state index in [2.05, 4.69) is 43.4 Å². The van der Waals surface area contributed by atoms with E-state index >= 15 is 0 Å². The zero-order valence-corrected chi connectivity index (χ0v) is 11.3. The van der Waals surface area contributed by atoms with E-state index in [4.69, 9.17) is 0 Å². The van der Waals surface area contributed by atoms with Crippen LogP contribution < -0.4 is 10.2 Å². The molecule has 18 heavy (non-hydrogen) atoms. The number of nitrogens with one attached hydrogen (secondary N) is 1. The van der Waals surface area contributed by atoms with Gasteiger partial charge in [-0.25, -0.2) is 0 Å². The second kappa shape index (κ2) is 6.01. The molecule has 1 saturated heterocycles. The van der Waals surface area contributed by atoms with Crippen molar-refractivity contribution in [1.29, 1.82) is 0 Å². The second-order valence-corrected chi connectivity index (χ2v) is 5.18. The number of carbonyl (C=O) groups excluding carboxylic acids is 1. The number of rotatable bonds is 2. The smallest absolute Gasteiger partial charge is 0.240 e.